The topological polar surface area (TPSA) is 29.5 Å². The van der Waals surface area contributed by atoms with Gasteiger partial charge in [-0.15, -0.1) is 0 Å². The average Bonchev–Trinajstić information content (AvgIpc) is 2.60. The summed E-state index contributed by atoms with van der Waals surface area (Å²) >= 11 is 0. The first kappa shape index (κ1) is 15.2. The maximum atomic E-state index is 11.9. The lowest BCUT2D eigenvalue weighted by Crippen LogP contribution is -2.50. The molecule has 0 aromatic heterocycles. The summed E-state index contributed by atoms with van der Waals surface area (Å²) in [5, 5.41) is 2.33. The molecule has 1 aliphatic heterocycles. The smallest absolute Gasteiger partial charge is 0.306 e. The van der Waals surface area contributed by atoms with Crippen molar-refractivity contribution >= 4 is 22.9 Å². The normalized spacial score (nSPS) is 19.0. The summed E-state index contributed by atoms with van der Waals surface area (Å²) in [6, 6.07) is 14.4. The Bertz CT molecular complexity index is 647. The van der Waals surface area contributed by atoms with Gasteiger partial charge in [-0.25, -0.2) is 9.28 Å². The highest BCUT2D eigenvalue weighted by Gasteiger charge is 2.27. The molecular weight excluding hydrogens is 276 g/mol. The van der Waals surface area contributed by atoms with E-state index in [1.165, 1.54) is 5.39 Å². The Hall–Kier alpha value is -1.75. The molecule has 0 bridgehead atoms. The molecule has 3 rings (SSSR count). The Balaban J connectivity index is 1.85. The van der Waals surface area contributed by atoms with Crippen LogP contribution in [0.4, 0.5) is 5.69 Å². The quantitative estimate of drug-likeness (QED) is 0.626. The second-order valence-electron chi connectivity index (χ2n) is 6.05. The summed E-state index contributed by atoms with van der Waals surface area (Å²) in [5.41, 5.74) is 1.07. The van der Waals surface area contributed by atoms with Crippen molar-refractivity contribution in [2.75, 3.05) is 46.4 Å². The molecular formula is C18H23N2O2+. The summed E-state index contributed by atoms with van der Waals surface area (Å²) in [6.07, 6.45) is 1.06. The molecule has 0 N–H and O–H groups in total. The number of likely N-dealkylation sites (N-methyl/N-ethyl adjacent to an activating group) is 1. The van der Waals surface area contributed by atoms with Crippen molar-refractivity contribution in [2.45, 2.75) is 0 Å². The van der Waals surface area contributed by atoms with Gasteiger partial charge in [-0.05, 0) is 11.5 Å². The first-order valence-electron chi connectivity index (χ1n) is 7.83. The number of carbonyl (C=O) groups is 1. The van der Waals surface area contributed by atoms with Crippen LogP contribution in [0.5, 0.6) is 0 Å². The number of nitrogens with zero attached hydrogens (tertiary/aromatic N) is 2. The minimum atomic E-state index is 0.304. The van der Waals surface area contributed by atoms with E-state index in [9.17, 15) is 4.79 Å². The second-order valence-corrected chi connectivity index (χ2v) is 6.05. The zero-order chi connectivity index (χ0) is 15.4. The number of amides is 1. The van der Waals surface area contributed by atoms with Crippen LogP contribution in [0.3, 0.4) is 0 Å². The van der Waals surface area contributed by atoms with Crippen LogP contribution < -0.4 is 4.48 Å². The number of carbonyl (C=O) groups excluding carboxylic acids is 1. The van der Waals surface area contributed by atoms with Crippen LogP contribution in [0, 0.1) is 0 Å². The third-order valence-corrected chi connectivity index (χ3v) is 4.53. The van der Waals surface area contributed by atoms with Crippen LogP contribution >= 0.6 is 0 Å². The first-order chi connectivity index (χ1) is 10.7. The highest BCUT2D eigenvalue weighted by molar-refractivity contribution is 5.96. The molecule has 1 heterocycles. The highest BCUT2D eigenvalue weighted by Crippen LogP contribution is 2.29. The van der Waals surface area contributed by atoms with Crippen LogP contribution in [0.2, 0.25) is 0 Å². The van der Waals surface area contributed by atoms with Crippen molar-refractivity contribution in [1.82, 2.24) is 9.38 Å². The number of rotatable bonds is 5. The second kappa shape index (κ2) is 6.57. The minimum Gasteiger partial charge on any atom is -0.379 e. The van der Waals surface area contributed by atoms with E-state index in [0.29, 0.717) is 4.48 Å². The third-order valence-electron chi connectivity index (χ3n) is 4.53. The molecule has 4 nitrogen and oxygen atoms in total. The number of benzene rings is 2. The molecule has 2 aromatic rings. The van der Waals surface area contributed by atoms with Crippen LogP contribution in [0.25, 0.3) is 10.8 Å². The van der Waals surface area contributed by atoms with Crippen LogP contribution in [-0.4, -0.2) is 57.8 Å². The number of fused-ring (bicyclic) bond motifs is 1. The molecule has 0 radical (unpaired) electrons. The van der Waals surface area contributed by atoms with Crippen molar-refractivity contribution in [3.05, 3.63) is 42.5 Å². The fourth-order valence-corrected chi connectivity index (χ4v) is 3.06. The molecule has 1 atom stereocenters. The minimum absolute atomic E-state index is 0.304. The number of ether oxygens (including phenoxy) is 1. The Kier molecular flexibility index (Phi) is 4.52. The van der Waals surface area contributed by atoms with Gasteiger partial charge in [-0.1, -0.05) is 30.3 Å². The number of hydrogen-bond acceptors (Lipinski definition) is 3. The Morgan fingerprint density at radius 3 is 2.64 bits per heavy atom. The standard InChI is InChI=1S/C18H23N2O2/c1-20(15-21,12-9-19-10-13-22-14-11-19)18-8-4-6-16-5-2-3-7-17(16)18/h2-8,15H,9-14H2,1H3/q+1. The van der Waals surface area contributed by atoms with Gasteiger partial charge >= 0.3 is 6.41 Å². The van der Waals surface area contributed by atoms with Crippen LogP contribution in [-0.2, 0) is 9.53 Å². The lowest BCUT2D eigenvalue weighted by atomic mass is 10.1. The summed E-state index contributed by atoms with van der Waals surface area (Å²) in [5.74, 6) is 0. The van der Waals surface area contributed by atoms with Gasteiger partial charge in [0.1, 0.15) is 12.2 Å². The largest absolute Gasteiger partial charge is 0.379 e. The molecule has 0 aliphatic carbocycles. The molecule has 1 amide bonds. The summed E-state index contributed by atoms with van der Waals surface area (Å²) in [6.45, 7) is 5.17. The predicted octanol–water partition coefficient (Wildman–Crippen LogP) is 2.27. The zero-order valence-electron chi connectivity index (χ0n) is 13.1. The molecule has 1 aliphatic rings. The Morgan fingerprint density at radius 2 is 1.86 bits per heavy atom. The number of morpholine rings is 1. The van der Waals surface area contributed by atoms with Crippen LogP contribution in [0.1, 0.15) is 0 Å². The third kappa shape index (κ3) is 3.04. The highest BCUT2D eigenvalue weighted by atomic mass is 16.5. The maximum absolute atomic E-state index is 11.9. The number of hydrogen-bond donors (Lipinski definition) is 0. The molecule has 0 saturated carbocycles. The van der Waals surface area contributed by atoms with E-state index in [-0.39, 0.29) is 0 Å². The van der Waals surface area contributed by atoms with E-state index in [1.807, 2.05) is 25.2 Å². The molecule has 116 valence electrons. The van der Waals surface area contributed by atoms with Gasteiger partial charge in [0.05, 0.1) is 20.3 Å². The molecule has 4 heteroatoms. The van der Waals surface area contributed by atoms with Gasteiger partial charge in [0, 0.05) is 31.1 Å². The Labute approximate surface area is 131 Å². The Morgan fingerprint density at radius 1 is 1.14 bits per heavy atom. The SMILES string of the molecule is C[N+](C=O)(CCN1CCOCC1)c1cccc2ccccc12. The molecule has 1 saturated heterocycles. The summed E-state index contributed by atoms with van der Waals surface area (Å²) in [7, 11) is 2.00. The van der Waals surface area contributed by atoms with Crippen LogP contribution in [0.15, 0.2) is 42.5 Å². The van der Waals surface area contributed by atoms with Crippen molar-refractivity contribution in [2.24, 2.45) is 0 Å². The molecule has 1 fully saturated rings. The fraction of sp³-hybridized carbons (Fsp3) is 0.389. The first-order valence-corrected chi connectivity index (χ1v) is 7.83. The lowest BCUT2D eigenvalue weighted by Gasteiger charge is -2.32. The van der Waals surface area contributed by atoms with E-state index in [2.05, 4.69) is 29.2 Å². The molecule has 0 spiro atoms. The summed E-state index contributed by atoms with van der Waals surface area (Å²) in [4.78, 5) is 14.2. The summed E-state index contributed by atoms with van der Waals surface area (Å²) < 4.78 is 5.69. The fourth-order valence-electron chi connectivity index (χ4n) is 3.06. The van der Waals surface area contributed by atoms with Gasteiger partial charge in [0.2, 0.25) is 0 Å². The lowest BCUT2D eigenvalue weighted by molar-refractivity contribution is -0.116. The van der Waals surface area contributed by atoms with Gasteiger partial charge in [0.25, 0.3) is 0 Å². The van der Waals surface area contributed by atoms with Crippen molar-refractivity contribution in [3.63, 3.8) is 0 Å². The van der Waals surface area contributed by atoms with E-state index < -0.39 is 0 Å². The van der Waals surface area contributed by atoms with E-state index in [1.54, 1.807) is 0 Å². The number of quaternary nitrogens is 1. The zero-order valence-corrected chi connectivity index (χ0v) is 13.1. The van der Waals surface area contributed by atoms with Gasteiger partial charge in [0.15, 0.2) is 0 Å². The molecule has 22 heavy (non-hydrogen) atoms. The predicted molar refractivity (Wildman–Crippen MR) is 89.9 cm³/mol. The monoisotopic (exact) mass is 299 g/mol. The average molecular weight is 299 g/mol. The van der Waals surface area contributed by atoms with Gasteiger partial charge in [-0.3, -0.25) is 4.90 Å². The van der Waals surface area contributed by atoms with Crippen molar-refractivity contribution in [3.8, 4) is 0 Å². The molecule has 1 unspecified atom stereocenters. The molecule has 2 aromatic carbocycles. The maximum Gasteiger partial charge on any atom is 0.306 e. The van der Waals surface area contributed by atoms with E-state index in [0.717, 1.165) is 56.9 Å². The van der Waals surface area contributed by atoms with Crippen molar-refractivity contribution < 1.29 is 9.53 Å². The van der Waals surface area contributed by atoms with Gasteiger partial charge in [-0.2, -0.15) is 0 Å². The van der Waals surface area contributed by atoms with E-state index in [4.69, 9.17) is 4.74 Å². The van der Waals surface area contributed by atoms with Gasteiger partial charge < -0.3 is 4.74 Å². The van der Waals surface area contributed by atoms with Crippen molar-refractivity contribution in [1.29, 1.82) is 0 Å². The van der Waals surface area contributed by atoms with E-state index >= 15 is 0 Å².